The van der Waals surface area contributed by atoms with Gasteiger partial charge in [0, 0.05) is 25.4 Å². The Balaban J connectivity index is 1.50. The monoisotopic (exact) mass is 417 g/mol. The average molecular weight is 417 g/mol. The lowest BCUT2D eigenvalue weighted by Gasteiger charge is -2.17. The number of benzene rings is 1. The highest BCUT2D eigenvalue weighted by Crippen LogP contribution is 2.20. The second kappa shape index (κ2) is 6.83. The molecule has 31 heavy (non-hydrogen) atoms. The van der Waals surface area contributed by atoms with Crippen molar-refractivity contribution in [2.45, 2.75) is 6.92 Å². The van der Waals surface area contributed by atoms with Crippen molar-refractivity contribution in [2.75, 3.05) is 12.4 Å². The fourth-order valence-corrected chi connectivity index (χ4v) is 3.33. The molecule has 1 N–H and O–H groups in total. The van der Waals surface area contributed by atoms with Crippen LogP contribution in [0.3, 0.4) is 0 Å². The van der Waals surface area contributed by atoms with Gasteiger partial charge in [0.15, 0.2) is 11.2 Å². The SMILES string of the molecule is Cc1cc(NC(=O)c2cc(=O)c3ccccc3o2)n(C2=NC(=O)C3C=NN(C)C3=N2)n1. The fraction of sp³-hybridized carbons (Fsp3) is 0.150. The minimum atomic E-state index is -0.654. The van der Waals surface area contributed by atoms with E-state index in [1.807, 2.05) is 0 Å². The normalized spacial score (nSPS) is 17.5. The molecule has 11 nitrogen and oxygen atoms in total. The first-order valence-corrected chi connectivity index (χ1v) is 9.31. The number of aryl methyl sites for hydroxylation is 1. The average Bonchev–Trinajstić information content (AvgIpc) is 3.30. The topological polar surface area (TPSA) is 135 Å². The first kappa shape index (κ1) is 18.6. The summed E-state index contributed by atoms with van der Waals surface area (Å²) >= 11 is 0. The molecule has 1 unspecified atom stereocenters. The summed E-state index contributed by atoms with van der Waals surface area (Å²) in [6, 6.07) is 9.37. The Morgan fingerprint density at radius 2 is 1.97 bits per heavy atom. The smallest absolute Gasteiger partial charge is 0.292 e. The third-order valence-electron chi connectivity index (χ3n) is 4.81. The molecular weight excluding hydrogens is 402 g/mol. The predicted octanol–water partition coefficient (Wildman–Crippen LogP) is 1.24. The van der Waals surface area contributed by atoms with Gasteiger partial charge in [-0.3, -0.25) is 19.4 Å². The lowest BCUT2D eigenvalue weighted by Crippen LogP contribution is -2.35. The standard InChI is InChI=1S/C20H15N7O4/c1-10-7-16(22-19(30)15-8-13(28)11-5-3-4-6-14(11)31-15)27(25-10)20-23-17-12(18(29)24-20)9-21-26(17)2/h3-9,12H,1-2H3,(H,22,30). The quantitative estimate of drug-likeness (QED) is 0.667. The number of carbonyl (C=O) groups is 2. The zero-order chi connectivity index (χ0) is 21.7. The molecule has 0 saturated heterocycles. The van der Waals surface area contributed by atoms with Crippen LogP contribution in [0.4, 0.5) is 5.82 Å². The van der Waals surface area contributed by atoms with Crippen molar-refractivity contribution in [3.05, 3.63) is 58.1 Å². The minimum absolute atomic E-state index is 0.00281. The van der Waals surface area contributed by atoms with E-state index in [4.69, 9.17) is 4.42 Å². The maximum absolute atomic E-state index is 12.8. The lowest BCUT2D eigenvalue weighted by molar-refractivity contribution is -0.118. The van der Waals surface area contributed by atoms with Crippen LogP contribution in [0.2, 0.25) is 0 Å². The van der Waals surface area contributed by atoms with Crippen LogP contribution < -0.4 is 10.7 Å². The van der Waals surface area contributed by atoms with E-state index >= 15 is 0 Å². The molecule has 2 aliphatic heterocycles. The van der Waals surface area contributed by atoms with Crippen LogP contribution >= 0.6 is 0 Å². The molecule has 0 aliphatic carbocycles. The number of nitrogens with zero attached hydrogens (tertiary/aromatic N) is 6. The second-order valence-corrected chi connectivity index (χ2v) is 6.99. The number of amidine groups is 1. The zero-order valence-corrected chi connectivity index (χ0v) is 16.4. The van der Waals surface area contributed by atoms with Crippen molar-refractivity contribution >= 4 is 46.6 Å². The molecule has 2 aliphatic rings. The van der Waals surface area contributed by atoms with Crippen molar-refractivity contribution in [3.8, 4) is 0 Å². The van der Waals surface area contributed by atoms with Crippen LogP contribution in [0.15, 0.2) is 60.7 Å². The summed E-state index contributed by atoms with van der Waals surface area (Å²) in [7, 11) is 1.67. The minimum Gasteiger partial charge on any atom is -0.451 e. The van der Waals surface area contributed by atoms with Gasteiger partial charge in [0.1, 0.15) is 23.2 Å². The Labute approximate surface area is 174 Å². The van der Waals surface area contributed by atoms with Gasteiger partial charge >= 0.3 is 0 Å². The molecule has 5 rings (SSSR count). The van der Waals surface area contributed by atoms with Crippen LogP contribution in [0.1, 0.15) is 16.2 Å². The maximum atomic E-state index is 12.8. The number of carbonyl (C=O) groups excluding carboxylic acids is 2. The molecule has 1 atom stereocenters. The molecule has 4 heterocycles. The molecule has 1 aromatic carbocycles. The molecule has 154 valence electrons. The van der Waals surface area contributed by atoms with Gasteiger partial charge in [0.25, 0.3) is 17.8 Å². The molecule has 0 bridgehead atoms. The fourth-order valence-electron chi connectivity index (χ4n) is 3.33. The van der Waals surface area contributed by atoms with E-state index in [-0.39, 0.29) is 23.0 Å². The number of hydrogen-bond donors (Lipinski definition) is 1. The molecule has 3 aromatic rings. The number of hydrazone groups is 1. The Morgan fingerprint density at radius 3 is 2.81 bits per heavy atom. The number of nitrogens with one attached hydrogen (secondary N) is 1. The summed E-state index contributed by atoms with van der Waals surface area (Å²) in [6.45, 7) is 1.72. The van der Waals surface area contributed by atoms with E-state index in [2.05, 4.69) is 25.5 Å². The summed E-state index contributed by atoms with van der Waals surface area (Å²) in [6.07, 6.45) is 1.47. The summed E-state index contributed by atoms with van der Waals surface area (Å²) in [4.78, 5) is 45.8. The van der Waals surface area contributed by atoms with Gasteiger partial charge in [-0.1, -0.05) is 12.1 Å². The van der Waals surface area contributed by atoms with Crippen LogP contribution in [0.5, 0.6) is 0 Å². The zero-order valence-electron chi connectivity index (χ0n) is 16.4. The Hall–Kier alpha value is -4.41. The van der Waals surface area contributed by atoms with Gasteiger partial charge in [-0.05, 0) is 19.1 Å². The number of fused-ring (bicyclic) bond motifs is 2. The van der Waals surface area contributed by atoms with Gasteiger partial charge in [-0.25, -0.2) is 0 Å². The lowest BCUT2D eigenvalue weighted by atomic mass is 10.1. The van der Waals surface area contributed by atoms with Crippen LogP contribution in [0, 0.1) is 12.8 Å². The molecule has 11 heteroatoms. The first-order chi connectivity index (χ1) is 14.9. The van der Waals surface area contributed by atoms with E-state index in [0.29, 0.717) is 22.5 Å². The largest absolute Gasteiger partial charge is 0.451 e. The number of rotatable bonds is 2. The van der Waals surface area contributed by atoms with E-state index in [1.165, 1.54) is 15.9 Å². The van der Waals surface area contributed by atoms with Crippen LogP contribution in [0.25, 0.3) is 11.0 Å². The Morgan fingerprint density at radius 1 is 1.16 bits per heavy atom. The molecule has 0 saturated carbocycles. The van der Waals surface area contributed by atoms with E-state index in [1.54, 1.807) is 44.3 Å². The number of hydrogen-bond acceptors (Lipinski definition) is 8. The van der Waals surface area contributed by atoms with Crippen molar-refractivity contribution < 1.29 is 14.0 Å². The van der Waals surface area contributed by atoms with Gasteiger partial charge in [0.05, 0.1) is 11.1 Å². The van der Waals surface area contributed by atoms with Crippen molar-refractivity contribution in [3.63, 3.8) is 0 Å². The Kier molecular flexibility index (Phi) is 4.10. The number of amides is 2. The van der Waals surface area contributed by atoms with E-state index in [9.17, 15) is 14.4 Å². The number of para-hydroxylation sites is 1. The van der Waals surface area contributed by atoms with Gasteiger partial charge < -0.3 is 9.73 Å². The summed E-state index contributed by atoms with van der Waals surface area (Å²) < 4.78 is 6.83. The molecule has 0 radical (unpaired) electrons. The summed E-state index contributed by atoms with van der Waals surface area (Å²) in [5.74, 6) is -1.24. The third kappa shape index (κ3) is 3.12. The second-order valence-electron chi connectivity index (χ2n) is 6.99. The molecule has 2 aromatic heterocycles. The Bertz CT molecular complexity index is 1410. The molecular formula is C20H15N7O4. The predicted molar refractivity (Wildman–Crippen MR) is 112 cm³/mol. The summed E-state index contributed by atoms with van der Waals surface area (Å²) in [5.41, 5.74) is 0.526. The van der Waals surface area contributed by atoms with Crippen LogP contribution in [-0.4, -0.2) is 51.7 Å². The van der Waals surface area contributed by atoms with E-state index < -0.39 is 17.7 Å². The highest BCUT2D eigenvalue weighted by molar-refractivity contribution is 6.24. The highest BCUT2D eigenvalue weighted by Gasteiger charge is 2.35. The third-order valence-corrected chi connectivity index (χ3v) is 4.81. The number of aromatic nitrogens is 2. The van der Waals surface area contributed by atoms with Gasteiger partial charge in [-0.15, -0.1) is 0 Å². The van der Waals surface area contributed by atoms with Gasteiger partial charge in [0.2, 0.25) is 0 Å². The number of anilines is 1. The van der Waals surface area contributed by atoms with Crippen LogP contribution in [-0.2, 0) is 4.79 Å². The van der Waals surface area contributed by atoms with Crippen molar-refractivity contribution in [2.24, 2.45) is 21.0 Å². The molecule has 0 spiro atoms. The van der Waals surface area contributed by atoms with Crippen molar-refractivity contribution in [1.82, 2.24) is 14.8 Å². The molecule has 0 fully saturated rings. The maximum Gasteiger partial charge on any atom is 0.292 e. The van der Waals surface area contributed by atoms with Gasteiger partial charge in [-0.2, -0.15) is 24.9 Å². The number of aliphatic imine (C=N–C) groups is 2. The van der Waals surface area contributed by atoms with Crippen molar-refractivity contribution in [1.29, 1.82) is 0 Å². The summed E-state index contributed by atoms with van der Waals surface area (Å²) in [5, 5.41) is 12.8. The first-order valence-electron chi connectivity index (χ1n) is 9.31. The van der Waals surface area contributed by atoms with E-state index in [0.717, 1.165) is 6.07 Å². The highest BCUT2D eigenvalue weighted by atomic mass is 16.3. The molecule has 2 amide bonds.